The van der Waals surface area contributed by atoms with Gasteiger partial charge < -0.3 is 19.8 Å². The standard InChI is InChI=1S/C15H16N2O3S/c1-19-11-4-6-12(7-5-11)20-10-9-16-14(18)13-3-2-8-17-15(13)21/h2-8H,9-10H2,1H3,(H,16,18)(H,17,21). The zero-order valence-electron chi connectivity index (χ0n) is 11.6. The molecule has 2 aromatic rings. The summed E-state index contributed by atoms with van der Waals surface area (Å²) in [5.74, 6) is 1.28. The molecular weight excluding hydrogens is 288 g/mol. The summed E-state index contributed by atoms with van der Waals surface area (Å²) in [4.78, 5) is 14.7. The smallest absolute Gasteiger partial charge is 0.254 e. The molecule has 0 radical (unpaired) electrons. The summed E-state index contributed by atoms with van der Waals surface area (Å²) in [6.45, 7) is 0.774. The highest BCUT2D eigenvalue weighted by Gasteiger charge is 2.06. The van der Waals surface area contributed by atoms with Crippen molar-refractivity contribution < 1.29 is 14.3 Å². The largest absolute Gasteiger partial charge is 0.497 e. The van der Waals surface area contributed by atoms with Crippen LogP contribution >= 0.6 is 12.2 Å². The highest BCUT2D eigenvalue weighted by atomic mass is 32.1. The monoisotopic (exact) mass is 304 g/mol. The molecule has 0 aliphatic carbocycles. The molecule has 21 heavy (non-hydrogen) atoms. The Morgan fingerprint density at radius 2 is 1.95 bits per heavy atom. The van der Waals surface area contributed by atoms with E-state index >= 15 is 0 Å². The van der Waals surface area contributed by atoms with Gasteiger partial charge >= 0.3 is 0 Å². The van der Waals surface area contributed by atoms with Crippen LogP contribution in [0.3, 0.4) is 0 Å². The van der Waals surface area contributed by atoms with Crippen LogP contribution in [0.2, 0.25) is 0 Å². The Labute approximate surface area is 127 Å². The summed E-state index contributed by atoms with van der Waals surface area (Å²) in [6, 6.07) is 10.7. The van der Waals surface area contributed by atoms with Crippen molar-refractivity contribution in [2.24, 2.45) is 0 Å². The summed E-state index contributed by atoms with van der Waals surface area (Å²) < 4.78 is 11.0. The number of carbonyl (C=O) groups is 1. The van der Waals surface area contributed by atoms with E-state index in [0.717, 1.165) is 11.5 Å². The normalized spacial score (nSPS) is 9.95. The van der Waals surface area contributed by atoms with Gasteiger partial charge in [-0.25, -0.2) is 0 Å². The van der Waals surface area contributed by atoms with Crippen LogP contribution in [0, 0.1) is 4.64 Å². The zero-order valence-corrected chi connectivity index (χ0v) is 12.4. The lowest BCUT2D eigenvalue weighted by atomic mass is 10.3. The number of ether oxygens (including phenoxy) is 2. The summed E-state index contributed by atoms with van der Waals surface area (Å²) in [6.07, 6.45) is 1.69. The van der Waals surface area contributed by atoms with Gasteiger partial charge in [-0.05, 0) is 36.4 Å². The van der Waals surface area contributed by atoms with E-state index in [0.29, 0.717) is 23.4 Å². The van der Waals surface area contributed by atoms with Crippen molar-refractivity contribution in [1.29, 1.82) is 0 Å². The lowest BCUT2D eigenvalue weighted by Crippen LogP contribution is -2.28. The minimum Gasteiger partial charge on any atom is -0.497 e. The first-order valence-electron chi connectivity index (χ1n) is 6.43. The molecule has 6 heteroatoms. The van der Waals surface area contributed by atoms with Gasteiger partial charge in [0.15, 0.2) is 0 Å². The first-order valence-corrected chi connectivity index (χ1v) is 6.84. The number of aromatic nitrogens is 1. The SMILES string of the molecule is COc1ccc(OCCNC(=O)c2ccc[nH]c2=S)cc1. The Morgan fingerprint density at radius 3 is 2.62 bits per heavy atom. The third-order valence-electron chi connectivity index (χ3n) is 2.78. The molecule has 1 amide bonds. The molecule has 2 rings (SSSR count). The molecule has 0 saturated heterocycles. The summed E-state index contributed by atoms with van der Waals surface area (Å²) in [5, 5.41) is 2.76. The van der Waals surface area contributed by atoms with Crippen molar-refractivity contribution in [3.05, 3.63) is 52.8 Å². The first kappa shape index (κ1) is 15.1. The summed E-state index contributed by atoms with van der Waals surface area (Å²) >= 11 is 5.05. The number of carbonyl (C=O) groups excluding carboxylic acids is 1. The Hall–Kier alpha value is -2.34. The quantitative estimate of drug-likeness (QED) is 0.636. The molecule has 0 aliphatic heterocycles. The van der Waals surface area contributed by atoms with E-state index in [2.05, 4.69) is 10.3 Å². The number of pyridine rings is 1. The van der Waals surface area contributed by atoms with Gasteiger partial charge in [-0.3, -0.25) is 4.79 Å². The Kier molecular flexibility index (Phi) is 5.34. The van der Waals surface area contributed by atoms with E-state index in [4.69, 9.17) is 21.7 Å². The fraction of sp³-hybridized carbons (Fsp3) is 0.200. The molecule has 0 saturated carbocycles. The van der Waals surface area contributed by atoms with Crippen molar-refractivity contribution in [2.45, 2.75) is 0 Å². The highest BCUT2D eigenvalue weighted by Crippen LogP contribution is 2.16. The van der Waals surface area contributed by atoms with Gasteiger partial charge in [-0.1, -0.05) is 12.2 Å². The van der Waals surface area contributed by atoms with E-state index in [1.54, 1.807) is 25.4 Å². The average molecular weight is 304 g/mol. The van der Waals surface area contributed by atoms with Crippen molar-refractivity contribution in [2.75, 3.05) is 20.3 Å². The van der Waals surface area contributed by atoms with Gasteiger partial charge in [0.2, 0.25) is 0 Å². The van der Waals surface area contributed by atoms with Crippen LogP contribution in [-0.4, -0.2) is 31.2 Å². The predicted octanol–water partition coefficient (Wildman–Crippen LogP) is 2.56. The van der Waals surface area contributed by atoms with E-state index in [9.17, 15) is 4.79 Å². The van der Waals surface area contributed by atoms with Crippen LogP contribution in [0.15, 0.2) is 42.6 Å². The second kappa shape index (κ2) is 7.44. The summed E-state index contributed by atoms with van der Waals surface area (Å²) in [7, 11) is 1.61. The average Bonchev–Trinajstić information content (AvgIpc) is 2.52. The molecule has 0 unspecified atom stereocenters. The van der Waals surface area contributed by atoms with Crippen LogP contribution in [0.25, 0.3) is 0 Å². The number of aromatic amines is 1. The molecule has 5 nitrogen and oxygen atoms in total. The predicted molar refractivity (Wildman–Crippen MR) is 82.4 cm³/mol. The minimum absolute atomic E-state index is 0.213. The molecule has 0 atom stereocenters. The number of hydrogen-bond acceptors (Lipinski definition) is 4. The second-order valence-electron chi connectivity index (χ2n) is 4.19. The van der Waals surface area contributed by atoms with Gasteiger partial charge in [0.05, 0.1) is 19.2 Å². The fourth-order valence-corrected chi connectivity index (χ4v) is 1.93. The van der Waals surface area contributed by atoms with Crippen LogP contribution in [0.1, 0.15) is 10.4 Å². The summed E-state index contributed by atoms with van der Waals surface area (Å²) in [5.41, 5.74) is 0.456. The van der Waals surface area contributed by atoms with Crippen LogP contribution in [0.4, 0.5) is 0 Å². The van der Waals surface area contributed by atoms with Crippen LogP contribution < -0.4 is 14.8 Å². The maximum Gasteiger partial charge on any atom is 0.254 e. The van der Waals surface area contributed by atoms with E-state index in [1.165, 1.54) is 0 Å². The van der Waals surface area contributed by atoms with E-state index in [1.807, 2.05) is 24.3 Å². The Morgan fingerprint density at radius 1 is 1.24 bits per heavy atom. The lowest BCUT2D eigenvalue weighted by molar-refractivity contribution is 0.0946. The van der Waals surface area contributed by atoms with Crippen molar-refractivity contribution in [3.8, 4) is 11.5 Å². The van der Waals surface area contributed by atoms with E-state index in [-0.39, 0.29) is 5.91 Å². The molecule has 1 aromatic carbocycles. The molecule has 2 N–H and O–H groups in total. The third kappa shape index (κ3) is 4.32. The molecular formula is C15H16N2O3S. The number of H-pyrrole nitrogens is 1. The second-order valence-corrected chi connectivity index (χ2v) is 4.60. The van der Waals surface area contributed by atoms with Crippen LogP contribution in [-0.2, 0) is 0 Å². The molecule has 0 bridgehead atoms. The molecule has 1 heterocycles. The van der Waals surface area contributed by atoms with Gasteiger partial charge in [0.25, 0.3) is 5.91 Å². The number of methoxy groups -OCH3 is 1. The number of rotatable bonds is 6. The maximum absolute atomic E-state index is 11.9. The first-order chi connectivity index (χ1) is 10.2. The fourth-order valence-electron chi connectivity index (χ4n) is 1.70. The highest BCUT2D eigenvalue weighted by molar-refractivity contribution is 7.71. The number of amides is 1. The van der Waals surface area contributed by atoms with Gasteiger partial charge in [0, 0.05) is 6.20 Å². The number of nitrogens with one attached hydrogen (secondary N) is 2. The topological polar surface area (TPSA) is 63.4 Å². The number of hydrogen-bond donors (Lipinski definition) is 2. The molecule has 110 valence electrons. The Bertz CT molecular complexity index is 652. The third-order valence-corrected chi connectivity index (χ3v) is 3.12. The van der Waals surface area contributed by atoms with Gasteiger partial charge in [-0.2, -0.15) is 0 Å². The molecule has 0 aliphatic rings. The van der Waals surface area contributed by atoms with E-state index < -0.39 is 0 Å². The van der Waals surface area contributed by atoms with Crippen molar-refractivity contribution in [1.82, 2.24) is 10.3 Å². The molecule has 0 fully saturated rings. The van der Waals surface area contributed by atoms with Crippen molar-refractivity contribution in [3.63, 3.8) is 0 Å². The number of benzene rings is 1. The molecule has 1 aromatic heterocycles. The van der Waals surface area contributed by atoms with Gasteiger partial charge in [-0.15, -0.1) is 0 Å². The van der Waals surface area contributed by atoms with Gasteiger partial charge in [0.1, 0.15) is 22.7 Å². The Balaban J connectivity index is 1.78. The minimum atomic E-state index is -0.213. The molecule has 0 spiro atoms. The van der Waals surface area contributed by atoms with Crippen molar-refractivity contribution >= 4 is 18.1 Å². The lowest BCUT2D eigenvalue weighted by Gasteiger charge is -2.08. The zero-order chi connectivity index (χ0) is 15.1. The van der Waals surface area contributed by atoms with Crippen LogP contribution in [0.5, 0.6) is 11.5 Å². The maximum atomic E-state index is 11.9.